The van der Waals surface area contributed by atoms with E-state index in [9.17, 15) is 14.4 Å². The molecule has 5 nitrogen and oxygen atoms in total. The third-order valence-corrected chi connectivity index (χ3v) is 3.98. The van der Waals surface area contributed by atoms with Crippen LogP contribution in [0.1, 0.15) is 36.2 Å². The minimum atomic E-state index is -0.585. The van der Waals surface area contributed by atoms with Gasteiger partial charge >= 0.3 is 0 Å². The molecule has 0 radical (unpaired) electrons. The maximum absolute atomic E-state index is 12.1. The van der Waals surface area contributed by atoms with Gasteiger partial charge in [-0.05, 0) is 43.2 Å². The maximum Gasteiger partial charge on any atom is 0.258 e. The molecular weight excluding hydrogens is 330 g/mol. The van der Waals surface area contributed by atoms with E-state index in [4.69, 9.17) is 4.74 Å². The Morgan fingerprint density at radius 3 is 2.23 bits per heavy atom. The van der Waals surface area contributed by atoms with Gasteiger partial charge in [-0.1, -0.05) is 37.3 Å². The average Bonchev–Trinajstić information content (AvgIpc) is 2.66. The number of benzene rings is 2. The molecule has 0 aromatic heterocycles. The molecule has 0 aliphatic carbocycles. The molecule has 0 saturated carbocycles. The van der Waals surface area contributed by atoms with Crippen molar-refractivity contribution in [2.75, 3.05) is 6.61 Å². The summed E-state index contributed by atoms with van der Waals surface area (Å²) in [6.45, 7) is 3.07. The molecule has 0 bridgehead atoms. The van der Waals surface area contributed by atoms with Gasteiger partial charge in [-0.15, -0.1) is 0 Å². The number of nitrogens with one attached hydrogen (secondary N) is 1. The van der Waals surface area contributed by atoms with Gasteiger partial charge in [0.05, 0.1) is 6.04 Å². The van der Waals surface area contributed by atoms with Crippen molar-refractivity contribution >= 4 is 17.5 Å². The van der Waals surface area contributed by atoms with Crippen LogP contribution in [0.25, 0.3) is 0 Å². The van der Waals surface area contributed by atoms with Crippen LogP contribution in [0.2, 0.25) is 0 Å². The lowest BCUT2D eigenvalue weighted by Gasteiger charge is -2.16. The monoisotopic (exact) mass is 353 g/mol. The van der Waals surface area contributed by atoms with E-state index in [1.807, 2.05) is 30.3 Å². The molecule has 0 aliphatic heterocycles. The third-order valence-electron chi connectivity index (χ3n) is 3.98. The highest BCUT2D eigenvalue weighted by Crippen LogP contribution is 2.13. The van der Waals surface area contributed by atoms with Crippen molar-refractivity contribution in [1.82, 2.24) is 5.32 Å². The fourth-order valence-electron chi connectivity index (χ4n) is 2.47. The summed E-state index contributed by atoms with van der Waals surface area (Å²) < 4.78 is 5.43. The highest BCUT2D eigenvalue weighted by Gasteiger charge is 2.18. The number of ketones is 2. The minimum absolute atomic E-state index is 0.0551. The molecule has 2 rings (SSSR count). The molecule has 1 amide bonds. The molecule has 0 aliphatic rings. The Morgan fingerprint density at radius 1 is 1.00 bits per heavy atom. The van der Waals surface area contributed by atoms with E-state index < -0.39 is 6.04 Å². The number of Topliss-reactive ketones (excluding diaryl/α,β-unsaturated/α-hetero) is 2. The lowest BCUT2D eigenvalue weighted by atomic mass is 10.0. The van der Waals surface area contributed by atoms with E-state index >= 15 is 0 Å². The fraction of sp³-hybridized carbons (Fsp3) is 0.286. The molecule has 26 heavy (non-hydrogen) atoms. The van der Waals surface area contributed by atoms with Gasteiger partial charge in [0, 0.05) is 12.0 Å². The van der Waals surface area contributed by atoms with Gasteiger partial charge in [0.1, 0.15) is 5.75 Å². The Kier molecular flexibility index (Phi) is 7.09. The molecule has 0 saturated heterocycles. The second kappa shape index (κ2) is 9.51. The molecule has 136 valence electrons. The highest BCUT2D eigenvalue weighted by atomic mass is 16.5. The molecule has 0 heterocycles. The van der Waals surface area contributed by atoms with E-state index in [1.54, 1.807) is 31.2 Å². The van der Waals surface area contributed by atoms with Crippen molar-refractivity contribution in [2.24, 2.45) is 0 Å². The van der Waals surface area contributed by atoms with Crippen LogP contribution in [0, 0.1) is 0 Å². The fourth-order valence-corrected chi connectivity index (χ4v) is 2.47. The number of hydrogen-bond acceptors (Lipinski definition) is 4. The van der Waals surface area contributed by atoms with E-state index in [0.29, 0.717) is 24.2 Å². The van der Waals surface area contributed by atoms with Crippen LogP contribution in [-0.2, 0) is 16.0 Å². The van der Waals surface area contributed by atoms with Gasteiger partial charge in [-0.25, -0.2) is 0 Å². The van der Waals surface area contributed by atoms with E-state index in [-0.39, 0.29) is 24.1 Å². The largest absolute Gasteiger partial charge is 0.484 e. The highest BCUT2D eigenvalue weighted by molar-refractivity contribution is 5.95. The smallest absolute Gasteiger partial charge is 0.258 e. The zero-order chi connectivity index (χ0) is 18.9. The predicted molar refractivity (Wildman–Crippen MR) is 99.3 cm³/mol. The topological polar surface area (TPSA) is 72.5 Å². The lowest BCUT2D eigenvalue weighted by molar-refractivity contribution is -0.128. The molecule has 0 fully saturated rings. The summed E-state index contributed by atoms with van der Waals surface area (Å²) >= 11 is 0. The van der Waals surface area contributed by atoms with Crippen LogP contribution in [0.5, 0.6) is 5.75 Å². The summed E-state index contributed by atoms with van der Waals surface area (Å²) in [7, 11) is 0. The third kappa shape index (κ3) is 5.84. The lowest BCUT2D eigenvalue weighted by Crippen LogP contribution is -2.43. The van der Waals surface area contributed by atoms with E-state index in [0.717, 1.165) is 5.56 Å². The number of carbonyl (C=O) groups is 3. The van der Waals surface area contributed by atoms with Gasteiger partial charge in [0.25, 0.3) is 5.91 Å². The van der Waals surface area contributed by atoms with Gasteiger partial charge in [0.2, 0.25) is 0 Å². The summed E-state index contributed by atoms with van der Waals surface area (Å²) in [6, 6.07) is 15.6. The first-order chi connectivity index (χ1) is 12.5. The molecule has 0 unspecified atom stereocenters. The summed E-state index contributed by atoms with van der Waals surface area (Å²) in [6.07, 6.45) is 0.881. The van der Waals surface area contributed by atoms with Gasteiger partial charge in [-0.3, -0.25) is 14.4 Å². The van der Waals surface area contributed by atoms with Crippen LogP contribution in [0.3, 0.4) is 0 Å². The van der Waals surface area contributed by atoms with E-state index in [1.165, 1.54) is 6.92 Å². The van der Waals surface area contributed by atoms with Crippen molar-refractivity contribution in [2.45, 2.75) is 32.7 Å². The van der Waals surface area contributed by atoms with Gasteiger partial charge < -0.3 is 10.1 Å². The second-order valence-corrected chi connectivity index (χ2v) is 6.01. The number of hydrogen-bond donors (Lipinski definition) is 1. The Hall–Kier alpha value is -2.95. The van der Waals surface area contributed by atoms with Crippen molar-refractivity contribution in [1.29, 1.82) is 0 Å². The Bertz CT molecular complexity index is 753. The van der Waals surface area contributed by atoms with Gasteiger partial charge in [0.15, 0.2) is 18.2 Å². The molecule has 1 atom stereocenters. The van der Waals surface area contributed by atoms with Crippen molar-refractivity contribution < 1.29 is 19.1 Å². The first kappa shape index (κ1) is 19.4. The van der Waals surface area contributed by atoms with Crippen LogP contribution >= 0.6 is 0 Å². The SMILES string of the molecule is CCC(=O)c1ccc(OCC(=O)N[C@@H](Cc2ccccc2)C(C)=O)cc1. The summed E-state index contributed by atoms with van der Waals surface area (Å²) in [5.41, 5.74) is 1.59. The predicted octanol–water partition coefficient (Wildman–Crippen LogP) is 2.97. The normalized spacial score (nSPS) is 11.5. The first-order valence-corrected chi connectivity index (χ1v) is 8.59. The summed E-state index contributed by atoms with van der Waals surface area (Å²) in [4.78, 5) is 35.5. The minimum Gasteiger partial charge on any atom is -0.484 e. The molecule has 2 aromatic rings. The molecule has 0 spiro atoms. The Morgan fingerprint density at radius 2 is 1.65 bits per heavy atom. The quantitative estimate of drug-likeness (QED) is 0.704. The molecule has 5 heteroatoms. The number of amides is 1. The van der Waals surface area contributed by atoms with E-state index in [2.05, 4.69) is 5.32 Å². The Labute approximate surface area is 153 Å². The number of rotatable bonds is 9. The standard InChI is InChI=1S/C21H23NO4/c1-3-20(24)17-9-11-18(12-10-17)26-14-21(25)22-19(15(2)23)13-16-7-5-4-6-8-16/h4-12,19H,3,13-14H2,1-2H3,(H,22,25)/t19-/m0/s1. The van der Waals surface area contributed by atoms with Crippen LogP contribution < -0.4 is 10.1 Å². The van der Waals surface area contributed by atoms with Crippen LogP contribution in [-0.4, -0.2) is 30.1 Å². The molecule has 1 N–H and O–H groups in total. The zero-order valence-electron chi connectivity index (χ0n) is 15.0. The zero-order valence-corrected chi connectivity index (χ0v) is 15.0. The first-order valence-electron chi connectivity index (χ1n) is 8.59. The van der Waals surface area contributed by atoms with Gasteiger partial charge in [-0.2, -0.15) is 0 Å². The summed E-state index contributed by atoms with van der Waals surface area (Å²) in [5, 5.41) is 2.71. The molecule has 2 aromatic carbocycles. The van der Waals surface area contributed by atoms with Crippen molar-refractivity contribution in [3.63, 3.8) is 0 Å². The maximum atomic E-state index is 12.1. The Balaban J connectivity index is 1.88. The average molecular weight is 353 g/mol. The number of carbonyl (C=O) groups excluding carboxylic acids is 3. The summed E-state index contributed by atoms with van der Waals surface area (Å²) in [5.74, 6) is 0.0780. The number of ether oxygens (including phenoxy) is 1. The van der Waals surface area contributed by atoms with Crippen LogP contribution in [0.15, 0.2) is 54.6 Å². The van der Waals surface area contributed by atoms with Crippen molar-refractivity contribution in [3.8, 4) is 5.75 Å². The molecular formula is C21H23NO4. The van der Waals surface area contributed by atoms with Crippen LogP contribution in [0.4, 0.5) is 0 Å². The van der Waals surface area contributed by atoms with Crippen molar-refractivity contribution in [3.05, 3.63) is 65.7 Å². The second-order valence-electron chi connectivity index (χ2n) is 6.01.